The average molecular weight is 285 g/mol. The van der Waals surface area contributed by atoms with Gasteiger partial charge in [-0.25, -0.2) is 0 Å². The van der Waals surface area contributed by atoms with E-state index in [0.29, 0.717) is 6.54 Å². The van der Waals surface area contributed by atoms with Crippen molar-refractivity contribution in [3.63, 3.8) is 0 Å². The number of anilines is 1. The predicted molar refractivity (Wildman–Crippen MR) is 85.8 cm³/mol. The zero-order valence-electron chi connectivity index (χ0n) is 13.2. The number of benzene rings is 1. The summed E-state index contributed by atoms with van der Waals surface area (Å²) in [6.45, 7) is 8.60. The molecule has 0 spiro atoms. The summed E-state index contributed by atoms with van der Waals surface area (Å²) in [5, 5.41) is 12.0. The van der Waals surface area contributed by atoms with Crippen LogP contribution in [0.25, 0.3) is 0 Å². The van der Waals surface area contributed by atoms with Gasteiger partial charge < -0.3 is 10.2 Å². The molecule has 112 valence electrons. The van der Waals surface area contributed by atoms with Gasteiger partial charge in [0.1, 0.15) is 11.6 Å². The Morgan fingerprint density at radius 3 is 2.71 bits per heavy atom. The Hall–Kier alpha value is -2.28. The number of nitrogens with one attached hydrogen (secondary N) is 1. The van der Waals surface area contributed by atoms with Crippen molar-refractivity contribution < 1.29 is 4.79 Å². The number of rotatable bonds is 6. The summed E-state index contributed by atoms with van der Waals surface area (Å²) in [6, 6.07) is 10.0. The summed E-state index contributed by atoms with van der Waals surface area (Å²) in [5.41, 5.74) is 2.24. The molecule has 0 aliphatic heterocycles. The molecule has 0 heterocycles. The molecule has 21 heavy (non-hydrogen) atoms. The monoisotopic (exact) mass is 285 g/mol. The Bertz CT molecular complexity index is 557. The second-order valence-electron chi connectivity index (χ2n) is 5.06. The third-order valence-corrected chi connectivity index (χ3v) is 3.31. The fourth-order valence-corrected chi connectivity index (χ4v) is 1.85. The van der Waals surface area contributed by atoms with E-state index in [9.17, 15) is 10.1 Å². The summed E-state index contributed by atoms with van der Waals surface area (Å²) in [6.07, 6.45) is 2.45. The SMILES string of the molecule is CCC(C)NC(=O)/C(C#N)=C\N(CC)c1cccc(C)c1. The zero-order chi connectivity index (χ0) is 15.8. The van der Waals surface area contributed by atoms with Crippen molar-refractivity contribution in [2.75, 3.05) is 11.4 Å². The van der Waals surface area contributed by atoms with Gasteiger partial charge in [0.2, 0.25) is 0 Å². The molecule has 1 N–H and O–H groups in total. The lowest BCUT2D eigenvalue weighted by Gasteiger charge is -2.20. The molecular weight excluding hydrogens is 262 g/mol. The normalized spacial score (nSPS) is 12.4. The van der Waals surface area contributed by atoms with Crippen molar-refractivity contribution in [3.05, 3.63) is 41.6 Å². The predicted octanol–water partition coefficient (Wildman–Crippen LogP) is 3.14. The molecule has 1 rings (SSSR count). The highest BCUT2D eigenvalue weighted by Crippen LogP contribution is 2.17. The maximum Gasteiger partial charge on any atom is 0.263 e. The smallest absolute Gasteiger partial charge is 0.263 e. The molecule has 0 saturated carbocycles. The molecule has 4 nitrogen and oxygen atoms in total. The first-order valence-corrected chi connectivity index (χ1v) is 7.27. The molecule has 0 saturated heterocycles. The van der Waals surface area contributed by atoms with Crippen LogP contribution in [0.5, 0.6) is 0 Å². The van der Waals surface area contributed by atoms with Crippen LogP contribution in [0.2, 0.25) is 0 Å². The van der Waals surface area contributed by atoms with Crippen LogP contribution in [-0.2, 0) is 4.79 Å². The first-order valence-electron chi connectivity index (χ1n) is 7.27. The third kappa shape index (κ3) is 4.96. The minimum absolute atomic E-state index is 0.0586. The molecule has 0 fully saturated rings. The number of nitriles is 1. The standard InChI is InChI=1S/C17H23N3O/c1-5-14(4)19-17(21)15(11-18)12-20(6-2)16-9-7-8-13(3)10-16/h7-10,12,14H,5-6H2,1-4H3,(H,19,21)/b15-12-. The summed E-state index contributed by atoms with van der Waals surface area (Å²) in [5.74, 6) is -0.321. The lowest BCUT2D eigenvalue weighted by Crippen LogP contribution is -2.33. The van der Waals surface area contributed by atoms with E-state index in [1.165, 1.54) is 0 Å². The van der Waals surface area contributed by atoms with Crippen LogP contribution in [-0.4, -0.2) is 18.5 Å². The number of hydrogen-bond acceptors (Lipinski definition) is 3. The molecule has 1 aromatic rings. The van der Waals surface area contributed by atoms with Gasteiger partial charge >= 0.3 is 0 Å². The Morgan fingerprint density at radius 1 is 1.48 bits per heavy atom. The van der Waals surface area contributed by atoms with Gasteiger partial charge in [0.25, 0.3) is 5.91 Å². The zero-order valence-corrected chi connectivity index (χ0v) is 13.2. The van der Waals surface area contributed by atoms with Crippen molar-refractivity contribution in [1.82, 2.24) is 5.32 Å². The lowest BCUT2D eigenvalue weighted by molar-refractivity contribution is -0.117. The van der Waals surface area contributed by atoms with Crippen molar-refractivity contribution in [2.45, 2.75) is 40.2 Å². The molecule has 0 aliphatic carbocycles. The van der Waals surface area contributed by atoms with Crippen LogP contribution >= 0.6 is 0 Å². The summed E-state index contributed by atoms with van der Waals surface area (Å²) >= 11 is 0. The minimum atomic E-state index is -0.321. The van der Waals surface area contributed by atoms with Crippen LogP contribution in [0.1, 0.15) is 32.8 Å². The fourth-order valence-electron chi connectivity index (χ4n) is 1.85. The topological polar surface area (TPSA) is 56.1 Å². The quantitative estimate of drug-likeness (QED) is 0.645. The molecule has 4 heteroatoms. The highest BCUT2D eigenvalue weighted by molar-refractivity contribution is 5.97. The van der Waals surface area contributed by atoms with Crippen molar-refractivity contribution in [3.8, 4) is 6.07 Å². The molecule has 1 amide bonds. The van der Waals surface area contributed by atoms with Crippen LogP contribution < -0.4 is 10.2 Å². The molecule has 0 bridgehead atoms. The van der Waals surface area contributed by atoms with Crippen LogP contribution in [0.3, 0.4) is 0 Å². The third-order valence-electron chi connectivity index (χ3n) is 3.31. The van der Waals surface area contributed by atoms with Gasteiger partial charge in [-0.3, -0.25) is 4.79 Å². The first-order chi connectivity index (χ1) is 10.0. The maximum absolute atomic E-state index is 12.1. The molecule has 1 unspecified atom stereocenters. The van der Waals surface area contributed by atoms with E-state index in [0.717, 1.165) is 17.7 Å². The van der Waals surface area contributed by atoms with E-state index in [-0.39, 0.29) is 17.5 Å². The fraction of sp³-hybridized carbons (Fsp3) is 0.412. The van der Waals surface area contributed by atoms with E-state index < -0.39 is 0 Å². The van der Waals surface area contributed by atoms with E-state index in [4.69, 9.17) is 0 Å². The van der Waals surface area contributed by atoms with E-state index >= 15 is 0 Å². The van der Waals surface area contributed by atoms with Crippen LogP contribution in [0.4, 0.5) is 5.69 Å². The Labute approximate surface area is 127 Å². The first kappa shape index (κ1) is 16.8. The number of carbonyl (C=O) groups is 1. The Balaban J connectivity index is 2.99. The molecular formula is C17H23N3O. The summed E-state index contributed by atoms with van der Waals surface area (Å²) in [7, 11) is 0. The van der Waals surface area contributed by atoms with Crippen LogP contribution in [0, 0.1) is 18.3 Å². The highest BCUT2D eigenvalue weighted by Gasteiger charge is 2.13. The maximum atomic E-state index is 12.1. The van der Waals surface area contributed by atoms with Gasteiger partial charge in [0.15, 0.2) is 0 Å². The van der Waals surface area contributed by atoms with Crippen molar-refractivity contribution >= 4 is 11.6 Å². The number of carbonyl (C=O) groups excluding carboxylic acids is 1. The van der Waals surface area contributed by atoms with Crippen molar-refractivity contribution in [2.24, 2.45) is 0 Å². The minimum Gasteiger partial charge on any atom is -0.349 e. The Kier molecular flexibility index (Phi) is 6.48. The average Bonchev–Trinajstić information content (AvgIpc) is 2.48. The van der Waals surface area contributed by atoms with Crippen molar-refractivity contribution in [1.29, 1.82) is 5.26 Å². The number of hydrogen-bond donors (Lipinski definition) is 1. The second kappa shape index (κ2) is 8.11. The van der Waals surface area contributed by atoms with Gasteiger partial charge in [0, 0.05) is 24.5 Å². The van der Waals surface area contributed by atoms with Crippen LogP contribution in [0.15, 0.2) is 36.0 Å². The summed E-state index contributed by atoms with van der Waals surface area (Å²) in [4.78, 5) is 14.0. The highest BCUT2D eigenvalue weighted by atomic mass is 16.1. The van der Waals surface area contributed by atoms with Gasteiger partial charge in [-0.2, -0.15) is 5.26 Å². The largest absolute Gasteiger partial charge is 0.349 e. The number of aryl methyl sites for hydroxylation is 1. The summed E-state index contributed by atoms with van der Waals surface area (Å²) < 4.78 is 0. The molecule has 0 aromatic heterocycles. The lowest BCUT2D eigenvalue weighted by atomic mass is 10.2. The molecule has 0 aliphatic rings. The van der Waals surface area contributed by atoms with Gasteiger partial charge in [-0.15, -0.1) is 0 Å². The number of nitrogens with zero attached hydrogens (tertiary/aromatic N) is 2. The van der Waals surface area contributed by atoms with Gasteiger partial charge in [0.05, 0.1) is 0 Å². The van der Waals surface area contributed by atoms with E-state index in [2.05, 4.69) is 5.32 Å². The van der Waals surface area contributed by atoms with E-state index in [1.807, 2.05) is 62.9 Å². The second-order valence-corrected chi connectivity index (χ2v) is 5.06. The van der Waals surface area contributed by atoms with E-state index in [1.54, 1.807) is 6.20 Å². The molecule has 1 aromatic carbocycles. The molecule has 0 radical (unpaired) electrons. The molecule has 1 atom stereocenters. The van der Waals surface area contributed by atoms with Gasteiger partial charge in [-0.05, 0) is 44.9 Å². The van der Waals surface area contributed by atoms with Gasteiger partial charge in [-0.1, -0.05) is 19.1 Å². The number of amides is 1. The Morgan fingerprint density at radius 2 is 2.19 bits per heavy atom.